The van der Waals surface area contributed by atoms with Crippen molar-refractivity contribution in [2.24, 2.45) is 0 Å². The Labute approximate surface area is 101 Å². The molecule has 1 aliphatic rings. The van der Waals surface area contributed by atoms with Crippen LogP contribution in [0.5, 0.6) is 0 Å². The van der Waals surface area contributed by atoms with Gasteiger partial charge in [-0.15, -0.1) is 0 Å². The Kier molecular flexibility index (Phi) is 4.02. The fourth-order valence-corrected chi connectivity index (χ4v) is 4.92. The van der Waals surface area contributed by atoms with E-state index >= 15 is 0 Å². The highest BCUT2D eigenvalue weighted by molar-refractivity contribution is 6.74. The molecule has 1 saturated heterocycles. The van der Waals surface area contributed by atoms with Crippen molar-refractivity contribution in [1.82, 2.24) is 4.57 Å². The second-order valence-corrected chi connectivity index (χ2v) is 15.9. The lowest BCUT2D eigenvalue weighted by molar-refractivity contribution is -0.138. The van der Waals surface area contributed by atoms with Crippen LogP contribution in [0.4, 0.5) is 0 Å². The minimum Gasteiger partial charge on any atom is -0.519 e. The van der Waals surface area contributed by atoms with Crippen molar-refractivity contribution >= 4 is 22.5 Å². The summed E-state index contributed by atoms with van der Waals surface area (Å²) in [5, 5.41) is 0. The Bertz CT molecular complexity index is 268. The molecule has 0 aromatic heterocycles. The van der Waals surface area contributed by atoms with Crippen LogP contribution in [0.1, 0.15) is 12.8 Å². The standard InChI is InChI=1S/C11H25NO2Si2/c1-15(2,3)12-9-7-8-10(12)11(13)14-16(4,5)6/h10H,7-9H2,1-6H3. The van der Waals surface area contributed by atoms with E-state index in [4.69, 9.17) is 4.43 Å². The molecule has 0 aromatic carbocycles. The maximum Gasteiger partial charge on any atom is 0.309 e. The Morgan fingerprint density at radius 1 is 1.19 bits per heavy atom. The Hall–Kier alpha value is -0.136. The van der Waals surface area contributed by atoms with Crippen molar-refractivity contribution in [2.45, 2.75) is 58.2 Å². The van der Waals surface area contributed by atoms with E-state index in [-0.39, 0.29) is 12.0 Å². The molecule has 5 heteroatoms. The molecule has 0 bridgehead atoms. The van der Waals surface area contributed by atoms with Gasteiger partial charge in [0, 0.05) is 0 Å². The van der Waals surface area contributed by atoms with Crippen LogP contribution in [0.3, 0.4) is 0 Å². The van der Waals surface area contributed by atoms with Gasteiger partial charge in [0.2, 0.25) is 8.32 Å². The lowest BCUT2D eigenvalue weighted by Gasteiger charge is -2.35. The van der Waals surface area contributed by atoms with Crippen LogP contribution >= 0.6 is 0 Å². The molecule has 1 heterocycles. The maximum absolute atomic E-state index is 12.1. The molecule has 0 aliphatic carbocycles. The van der Waals surface area contributed by atoms with Gasteiger partial charge in [-0.25, -0.2) is 0 Å². The lowest BCUT2D eigenvalue weighted by Crippen LogP contribution is -2.53. The summed E-state index contributed by atoms with van der Waals surface area (Å²) >= 11 is 0. The predicted molar refractivity (Wildman–Crippen MR) is 72.5 cm³/mol. The topological polar surface area (TPSA) is 29.5 Å². The van der Waals surface area contributed by atoms with Crippen LogP contribution in [0.25, 0.3) is 0 Å². The number of hydrogen-bond donors (Lipinski definition) is 0. The van der Waals surface area contributed by atoms with Crippen LogP contribution < -0.4 is 0 Å². The normalized spacial score (nSPS) is 23.5. The number of nitrogens with zero attached hydrogens (tertiary/aromatic N) is 1. The summed E-state index contributed by atoms with van der Waals surface area (Å²) in [7, 11) is -3.11. The molecule has 0 saturated carbocycles. The summed E-state index contributed by atoms with van der Waals surface area (Å²) in [6.45, 7) is 14.2. The second kappa shape index (κ2) is 4.62. The minimum atomic E-state index is -1.74. The largest absolute Gasteiger partial charge is 0.519 e. The highest BCUT2D eigenvalue weighted by Crippen LogP contribution is 2.25. The SMILES string of the molecule is C[Si](C)(C)OC(=O)C1CCCN1[Si](C)(C)C. The maximum atomic E-state index is 12.1. The van der Waals surface area contributed by atoms with E-state index in [0.717, 1.165) is 19.4 Å². The predicted octanol–water partition coefficient (Wildman–Crippen LogP) is 2.66. The van der Waals surface area contributed by atoms with E-state index in [1.54, 1.807) is 0 Å². The minimum absolute atomic E-state index is 0.0269. The quantitative estimate of drug-likeness (QED) is 0.730. The molecular weight excluding hydrogens is 234 g/mol. The molecular formula is C11H25NO2Si2. The van der Waals surface area contributed by atoms with Crippen molar-refractivity contribution in [1.29, 1.82) is 0 Å². The van der Waals surface area contributed by atoms with Gasteiger partial charge in [-0.05, 0) is 39.0 Å². The molecule has 0 N–H and O–H groups in total. The summed E-state index contributed by atoms with van der Waals surface area (Å²) in [6.07, 6.45) is 2.11. The first-order valence-corrected chi connectivity index (χ1v) is 13.0. The first-order chi connectivity index (χ1) is 7.11. The van der Waals surface area contributed by atoms with E-state index < -0.39 is 16.6 Å². The lowest BCUT2D eigenvalue weighted by atomic mass is 10.2. The van der Waals surface area contributed by atoms with E-state index in [2.05, 4.69) is 43.8 Å². The van der Waals surface area contributed by atoms with Crippen molar-refractivity contribution in [2.75, 3.05) is 6.54 Å². The first kappa shape index (κ1) is 13.9. The third-order valence-corrected chi connectivity index (χ3v) is 5.87. The van der Waals surface area contributed by atoms with E-state index in [1.807, 2.05) is 0 Å². The zero-order valence-corrected chi connectivity index (χ0v) is 13.5. The molecule has 3 nitrogen and oxygen atoms in total. The summed E-state index contributed by atoms with van der Waals surface area (Å²) in [6, 6.07) is 0.0402. The smallest absolute Gasteiger partial charge is 0.309 e. The second-order valence-electron chi connectivity index (χ2n) is 6.56. The van der Waals surface area contributed by atoms with Crippen molar-refractivity contribution in [3.8, 4) is 0 Å². The Balaban J connectivity index is 2.69. The summed E-state index contributed by atoms with van der Waals surface area (Å²) in [4.78, 5) is 12.1. The van der Waals surface area contributed by atoms with Gasteiger partial charge in [0.05, 0.1) is 0 Å². The van der Waals surface area contributed by atoms with Crippen molar-refractivity contribution in [3.05, 3.63) is 0 Å². The molecule has 1 rings (SSSR count). The average Bonchev–Trinajstić information content (AvgIpc) is 2.45. The third-order valence-electron chi connectivity index (χ3n) is 2.79. The van der Waals surface area contributed by atoms with Crippen LogP contribution in [0, 0.1) is 0 Å². The van der Waals surface area contributed by atoms with Gasteiger partial charge in [0.25, 0.3) is 0 Å². The molecule has 1 aliphatic heterocycles. The molecule has 0 amide bonds. The van der Waals surface area contributed by atoms with Gasteiger partial charge >= 0.3 is 5.97 Å². The number of rotatable bonds is 3. The fourth-order valence-electron chi connectivity index (χ4n) is 2.18. The van der Waals surface area contributed by atoms with E-state index in [1.165, 1.54) is 0 Å². The van der Waals surface area contributed by atoms with Gasteiger partial charge in [-0.2, -0.15) is 0 Å². The van der Waals surface area contributed by atoms with Gasteiger partial charge < -0.3 is 8.99 Å². The Morgan fingerprint density at radius 3 is 2.19 bits per heavy atom. The average molecular weight is 259 g/mol. The highest BCUT2D eigenvalue weighted by Gasteiger charge is 2.40. The zero-order valence-electron chi connectivity index (χ0n) is 11.5. The van der Waals surface area contributed by atoms with Gasteiger partial charge in [0.1, 0.15) is 14.3 Å². The Morgan fingerprint density at radius 2 is 1.75 bits per heavy atom. The summed E-state index contributed by atoms with van der Waals surface area (Å²) < 4.78 is 8.04. The fraction of sp³-hybridized carbons (Fsp3) is 0.909. The third kappa shape index (κ3) is 3.71. The molecule has 94 valence electrons. The molecule has 1 atom stereocenters. The summed E-state index contributed by atoms with van der Waals surface area (Å²) in [5.41, 5.74) is 0. The zero-order chi connectivity index (χ0) is 12.6. The van der Waals surface area contributed by atoms with E-state index in [9.17, 15) is 4.79 Å². The monoisotopic (exact) mass is 259 g/mol. The number of hydrogen-bond acceptors (Lipinski definition) is 3. The van der Waals surface area contributed by atoms with Crippen molar-refractivity contribution < 1.29 is 9.22 Å². The number of carbonyl (C=O) groups is 1. The van der Waals surface area contributed by atoms with Crippen LogP contribution in [0.2, 0.25) is 39.3 Å². The van der Waals surface area contributed by atoms with E-state index in [0.29, 0.717) is 0 Å². The highest BCUT2D eigenvalue weighted by atomic mass is 28.4. The van der Waals surface area contributed by atoms with Gasteiger partial charge in [-0.3, -0.25) is 4.79 Å². The van der Waals surface area contributed by atoms with Gasteiger partial charge in [0.15, 0.2) is 0 Å². The molecule has 0 radical (unpaired) electrons. The number of carbonyl (C=O) groups excluding carboxylic acids is 1. The molecule has 1 unspecified atom stereocenters. The van der Waals surface area contributed by atoms with Gasteiger partial charge in [-0.1, -0.05) is 19.6 Å². The van der Waals surface area contributed by atoms with Crippen LogP contribution in [-0.2, 0) is 9.22 Å². The molecule has 0 spiro atoms. The molecule has 0 aromatic rings. The van der Waals surface area contributed by atoms with Crippen molar-refractivity contribution in [3.63, 3.8) is 0 Å². The molecule has 16 heavy (non-hydrogen) atoms. The summed E-state index contributed by atoms with van der Waals surface area (Å²) in [5.74, 6) is 0.0269. The molecule has 1 fully saturated rings. The van der Waals surface area contributed by atoms with Crippen LogP contribution in [-0.4, -0.2) is 39.7 Å². The first-order valence-electron chi connectivity index (χ1n) is 6.11. The van der Waals surface area contributed by atoms with Crippen LogP contribution in [0.15, 0.2) is 0 Å².